The summed E-state index contributed by atoms with van der Waals surface area (Å²) < 4.78 is 0. The van der Waals surface area contributed by atoms with E-state index in [1.807, 2.05) is 26.0 Å². The number of carbonyl (C=O) groups is 6. The Labute approximate surface area is 333 Å². The molecule has 0 saturated carbocycles. The predicted molar refractivity (Wildman–Crippen MR) is 215 cm³/mol. The van der Waals surface area contributed by atoms with Crippen LogP contribution < -0.4 is 31.1 Å². The number of hydrogen-bond donors (Lipinski definition) is 4. The normalized spacial score (nSPS) is 16.4. The molecule has 0 spiro atoms. The highest BCUT2D eigenvalue weighted by molar-refractivity contribution is 6.07. The van der Waals surface area contributed by atoms with Crippen LogP contribution in [0.4, 0.5) is 27.9 Å². The molecule has 0 aliphatic carbocycles. The van der Waals surface area contributed by atoms with Crippen LogP contribution >= 0.6 is 0 Å². The number of aryl methyl sites for hydroxylation is 2. The Morgan fingerprint density at radius 3 is 2.33 bits per heavy atom. The van der Waals surface area contributed by atoms with E-state index in [0.717, 1.165) is 11.3 Å². The third-order valence-corrected chi connectivity index (χ3v) is 10.2. The number of nitrogens with one attached hydrogen (secondary N) is 4. The molecule has 4 heterocycles. The van der Waals surface area contributed by atoms with Crippen LogP contribution in [-0.2, 0) is 25.7 Å². The lowest BCUT2D eigenvalue weighted by Crippen LogP contribution is -2.61. The second kappa shape index (κ2) is 16.9. The van der Waals surface area contributed by atoms with Gasteiger partial charge in [0.1, 0.15) is 29.5 Å². The molecular formula is C40H53N11O6. The van der Waals surface area contributed by atoms with Gasteiger partial charge in [-0.1, -0.05) is 19.9 Å². The summed E-state index contributed by atoms with van der Waals surface area (Å²) in [5.74, 6) is -1.88. The van der Waals surface area contributed by atoms with Crippen molar-refractivity contribution in [1.29, 1.82) is 0 Å². The van der Waals surface area contributed by atoms with E-state index in [4.69, 9.17) is 0 Å². The van der Waals surface area contributed by atoms with Gasteiger partial charge in [-0.3, -0.25) is 38.8 Å². The number of carbonyl (C=O) groups excluding carboxylic acids is 6. The topological polar surface area (TPSA) is 202 Å². The summed E-state index contributed by atoms with van der Waals surface area (Å²) in [5, 5.41) is 11.4. The monoisotopic (exact) mass is 783 g/mol. The molecule has 57 heavy (non-hydrogen) atoms. The van der Waals surface area contributed by atoms with Crippen LogP contribution in [-0.4, -0.2) is 112 Å². The van der Waals surface area contributed by atoms with Crippen LogP contribution in [0, 0.1) is 19.8 Å². The lowest BCUT2D eigenvalue weighted by atomic mass is 10.00. The second-order valence-corrected chi connectivity index (χ2v) is 15.7. The van der Waals surface area contributed by atoms with E-state index >= 15 is 0 Å². The van der Waals surface area contributed by atoms with Gasteiger partial charge in [0.2, 0.25) is 29.6 Å². The van der Waals surface area contributed by atoms with Gasteiger partial charge in [0.25, 0.3) is 5.91 Å². The third-order valence-electron chi connectivity index (χ3n) is 10.2. The Balaban J connectivity index is 1.28. The molecule has 2 aromatic heterocycles. The Morgan fingerprint density at radius 1 is 0.965 bits per heavy atom. The van der Waals surface area contributed by atoms with Crippen LogP contribution in [0.2, 0.25) is 0 Å². The summed E-state index contributed by atoms with van der Waals surface area (Å²) in [6, 6.07) is 5.73. The van der Waals surface area contributed by atoms with Crippen molar-refractivity contribution in [2.75, 3.05) is 42.8 Å². The first-order valence-corrected chi connectivity index (χ1v) is 19.0. The molecule has 3 atom stereocenters. The highest BCUT2D eigenvalue weighted by Crippen LogP contribution is 2.33. The number of urea groups is 1. The Kier molecular flexibility index (Phi) is 12.5. The van der Waals surface area contributed by atoms with Crippen LogP contribution in [0.1, 0.15) is 74.6 Å². The summed E-state index contributed by atoms with van der Waals surface area (Å²) in [6.45, 7) is 12.4. The van der Waals surface area contributed by atoms with Crippen molar-refractivity contribution in [2.24, 2.45) is 5.92 Å². The lowest BCUT2D eigenvalue weighted by molar-refractivity contribution is -0.142. The standard InChI is InChI=1S/C40H53N11O6/c1-22(2)31(36(55)50-17-11-12-29(50)34(53)47-40(6,7)37(56)43-25(5)35(54)48(8)9)45-33(52)26-15-13-23(3)30(18-26)51-21-27-19-42-38(46-32(27)49(10)39(51)57)44-28-16-14-24(4)41-20-28/h13-16,18-20,22,25,29,31H,11-12,17,21H2,1-10H3,(H,43,56)(H,45,52)(H,47,53)(H,42,44,46)/t25-,29-,31-/m0/s1. The summed E-state index contributed by atoms with van der Waals surface area (Å²) in [5.41, 5.74) is 2.39. The molecule has 1 fully saturated rings. The molecule has 0 bridgehead atoms. The SMILES string of the molecule is Cc1ccc(Nc2ncc3c(n2)N(C)C(=O)N(c2cc(C(=O)N[C@H](C(=O)N4CCC[C@H]4C(=O)NC(C)(C)C(=O)N[C@@H](C)C(=O)N(C)C)C(C)C)ccc2C)C3)cn1. The largest absolute Gasteiger partial charge is 0.347 e. The molecule has 304 valence electrons. The van der Waals surface area contributed by atoms with Crippen molar-refractivity contribution in [3.63, 3.8) is 0 Å². The van der Waals surface area contributed by atoms with Crippen molar-refractivity contribution in [1.82, 2.24) is 40.7 Å². The zero-order valence-corrected chi connectivity index (χ0v) is 34.3. The number of hydrogen-bond acceptors (Lipinski definition) is 10. The fourth-order valence-electron chi connectivity index (χ4n) is 6.76. The van der Waals surface area contributed by atoms with E-state index in [0.29, 0.717) is 48.1 Å². The number of likely N-dealkylation sites (tertiary alicyclic amines) is 1. The fraction of sp³-hybridized carbons (Fsp3) is 0.475. The molecule has 5 rings (SSSR count). The average Bonchev–Trinajstić information content (AvgIpc) is 3.66. The Hall–Kier alpha value is -6.13. The minimum Gasteiger partial charge on any atom is -0.347 e. The van der Waals surface area contributed by atoms with Gasteiger partial charge in [0.05, 0.1) is 18.4 Å². The van der Waals surface area contributed by atoms with E-state index in [2.05, 4.69) is 36.2 Å². The van der Waals surface area contributed by atoms with Crippen molar-refractivity contribution in [3.8, 4) is 0 Å². The maximum absolute atomic E-state index is 14.1. The summed E-state index contributed by atoms with van der Waals surface area (Å²) >= 11 is 0. The quantitative estimate of drug-likeness (QED) is 0.212. The average molecular weight is 784 g/mol. The van der Waals surface area contributed by atoms with Gasteiger partial charge >= 0.3 is 6.03 Å². The van der Waals surface area contributed by atoms with Crippen LogP contribution in [0.5, 0.6) is 0 Å². The third kappa shape index (κ3) is 9.30. The number of rotatable bonds is 12. The highest BCUT2D eigenvalue weighted by atomic mass is 16.2. The van der Waals surface area contributed by atoms with E-state index in [9.17, 15) is 28.8 Å². The van der Waals surface area contributed by atoms with Crippen LogP contribution in [0.25, 0.3) is 0 Å². The second-order valence-electron chi connectivity index (χ2n) is 15.7. The van der Waals surface area contributed by atoms with Gasteiger partial charge in [0.15, 0.2) is 0 Å². The first kappa shape index (κ1) is 42.0. The van der Waals surface area contributed by atoms with E-state index in [-0.39, 0.29) is 30.0 Å². The fourth-order valence-corrected chi connectivity index (χ4v) is 6.76. The number of pyridine rings is 1. The van der Waals surface area contributed by atoms with Crippen LogP contribution in [0.15, 0.2) is 42.7 Å². The summed E-state index contributed by atoms with van der Waals surface area (Å²) in [6.07, 6.45) is 4.26. The maximum atomic E-state index is 14.1. The van der Waals surface area contributed by atoms with E-state index in [1.54, 1.807) is 77.4 Å². The molecule has 17 heteroatoms. The molecule has 7 amide bonds. The first-order chi connectivity index (χ1) is 26.8. The first-order valence-electron chi connectivity index (χ1n) is 19.0. The van der Waals surface area contributed by atoms with Gasteiger partial charge in [-0.25, -0.2) is 9.78 Å². The molecule has 1 saturated heterocycles. The van der Waals surface area contributed by atoms with Crippen molar-refractivity contribution < 1.29 is 28.8 Å². The summed E-state index contributed by atoms with van der Waals surface area (Å²) in [4.78, 5) is 99.8. The van der Waals surface area contributed by atoms with Gasteiger partial charge in [0, 0.05) is 56.4 Å². The minimum atomic E-state index is -1.39. The molecule has 1 aromatic carbocycles. The molecule has 0 radical (unpaired) electrons. The summed E-state index contributed by atoms with van der Waals surface area (Å²) in [7, 11) is 4.79. The van der Waals surface area contributed by atoms with E-state index in [1.165, 1.54) is 28.5 Å². The molecule has 17 nitrogen and oxygen atoms in total. The number of nitrogens with zero attached hydrogens (tertiary/aromatic N) is 7. The maximum Gasteiger partial charge on any atom is 0.330 e. The number of fused-ring (bicyclic) bond motifs is 1. The van der Waals surface area contributed by atoms with E-state index < -0.39 is 47.3 Å². The molecule has 4 N–H and O–H groups in total. The van der Waals surface area contributed by atoms with Crippen molar-refractivity contribution in [3.05, 3.63) is 65.1 Å². The number of amides is 7. The number of aromatic nitrogens is 3. The van der Waals surface area contributed by atoms with Gasteiger partial charge in [-0.2, -0.15) is 4.98 Å². The highest BCUT2D eigenvalue weighted by Gasteiger charge is 2.42. The molecule has 2 aliphatic rings. The van der Waals surface area contributed by atoms with Gasteiger partial charge in [-0.05, 0) is 83.2 Å². The van der Waals surface area contributed by atoms with Crippen molar-refractivity contribution in [2.45, 2.75) is 91.5 Å². The minimum absolute atomic E-state index is 0.161. The molecular weight excluding hydrogens is 731 g/mol. The Morgan fingerprint density at radius 2 is 1.68 bits per heavy atom. The zero-order chi connectivity index (χ0) is 41.9. The number of anilines is 4. The number of benzene rings is 1. The molecule has 3 aromatic rings. The van der Waals surface area contributed by atoms with Crippen molar-refractivity contribution >= 4 is 58.7 Å². The van der Waals surface area contributed by atoms with Crippen LogP contribution in [0.3, 0.4) is 0 Å². The lowest BCUT2D eigenvalue weighted by Gasteiger charge is -2.35. The zero-order valence-electron chi connectivity index (χ0n) is 34.3. The predicted octanol–water partition coefficient (Wildman–Crippen LogP) is 3.04. The smallest absolute Gasteiger partial charge is 0.330 e. The Bertz CT molecular complexity index is 2050. The molecule has 2 aliphatic heterocycles. The van der Waals surface area contributed by atoms with Gasteiger partial charge < -0.3 is 31.1 Å². The molecule has 0 unspecified atom stereocenters. The van der Waals surface area contributed by atoms with Gasteiger partial charge in [-0.15, -0.1) is 0 Å². The number of likely N-dealkylation sites (N-methyl/N-ethyl adjacent to an activating group) is 1.